The van der Waals surface area contributed by atoms with Crippen LogP contribution in [0.2, 0.25) is 0 Å². The summed E-state index contributed by atoms with van der Waals surface area (Å²) in [6.45, 7) is 0. The number of aromatic nitrogens is 3. The molecule has 0 N–H and O–H groups in total. The second-order valence-corrected chi connectivity index (χ2v) is 15.7. The fourth-order valence-electron chi connectivity index (χ4n) is 9.99. The Balaban J connectivity index is 1.09. The minimum absolute atomic E-state index is 1.16. The lowest BCUT2D eigenvalue weighted by Crippen LogP contribution is -1.95. The molecule has 0 atom stereocenters. The van der Waals surface area contributed by atoms with Crippen molar-refractivity contribution in [2.24, 2.45) is 0 Å². The van der Waals surface area contributed by atoms with Crippen LogP contribution in [0.15, 0.2) is 212 Å². The molecule has 13 aromatic rings. The molecule has 0 saturated heterocycles. The molecular formula is C56H35N3. The van der Waals surface area contributed by atoms with E-state index in [9.17, 15) is 0 Å². The molecule has 0 unspecified atom stereocenters. The lowest BCUT2D eigenvalue weighted by atomic mass is 10.00. The van der Waals surface area contributed by atoms with Crippen LogP contribution in [0.25, 0.3) is 115 Å². The molecule has 0 aliphatic heterocycles. The SMILES string of the molecule is c1ccc(-n2c3ccccc3c3c2ccc2c4cc(-c5ccc6c(c5)c5ccccc5n6-c5cccc6ccccc56)ccc4n(-c4ccc5ccccc5c4)c23)cc1. The molecule has 3 heterocycles. The largest absolute Gasteiger partial charge is 0.309 e. The van der Waals surface area contributed by atoms with Gasteiger partial charge in [0.25, 0.3) is 0 Å². The number of rotatable bonds is 4. The van der Waals surface area contributed by atoms with Crippen molar-refractivity contribution in [1.82, 2.24) is 13.7 Å². The van der Waals surface area contributed by atoms with Crippen LogP contribution >= 0.6 is 0 Å². The van der Waals surface area contributed by atoms with Crippen molar-refractivity contribution in [3.05, 3.63) is 212 Å². The van der Waals surface area contributed by atoms with Crippen LogP contribution in [0.1, 0.15) is 0 Å². The summed E-state index contributed by atoms with van der Waals surface area (Å²) in [4.78, 5) is 0. The van der Waals surface area contributed by atoms with Gasteiger partial charge in [-0.3, -0.25) is 0 Å². The quantitative estimate of drug-likeness (QED) is 0.170. The smallest absolute Gasteiger partial charge is 0.0641 e. The highest BCUT2D eigenvalue weighted by atomic mass is 15.0. The Kier molecular flexibility index (Phi) is 6.72. The summed E-state index contributed by atoms with van der Waals surface area (Å²) in [5.41, 5.74) is 13.1. The molecule has 0 spiro atoms. The standard InChI is InChI=1S/C56H35N3/c1-2-17-41(18-3-1)57-51-23-11-9-21-46(51)55-54(57)32-29-45-48-35-40(26-30-52(48)58(56(45)55)42-28-25-36-13-4-5-15-38(36)33-42)39-27-31-53-47(34-39)44-20-8-10-22-50(44)59(53)49-24-12-16-37-14-6-7-19-43(37)49/h1-35H. The van der Waals surface area contributed by atoms with Crippen molar-refractivity contribution in [3.63, 3.8) is 0 Å². The summed E-state index contributed by atoms with van der Waals surface area (Å²) < 4.78 is 7.36. The Morgan fingerprint density at radius 2 is 0.831 bits per heavy atom. The van der Waals surface area contributed by atoms with Crippen molar-refractivity contribution in [3.8, 4) is 28.2 Å². The van der Waals surface area contributed by atoms with Crippen LogP contribution in [0, 0.1) is 0 Å². The first-order valence-electron chi connectivity index (χ1n) is 20.4. The molecule has 3 heteroatoms. The second-order valence-electron chi connectivity index (χ2n) is 15.7. The molecule has 3 nitrogen and oxygen atoms in total. The molecule has 0 saturated carbocycles. The van der Waals surface area contributed by atoms with E-state index in [1.54, 1.807) is 0 Å². The predicted molar refractivity (Wildman–Crippen MR) is 250 cm³/mol. The zero-order valence-electron chi connectivity index (χ0n) is 32.0. The molecule has 59 heavy (non-hydrogen) atoms. The average molecular weight is 750 g/mol. The maximum Gasteiger partial charge on any atom is 0.0641 e. The van der Waals surface area contributed by atoms with Gasteiger partial charge < -0.3 is 13.7 Å². The first-order chi connectivity index (χ1) is 29.3. The first-order valence-corrected chi connectivity index (χ1v) is 20.4. The fourth-order valence-corrected chi connectivity index (χ4v) is 9.99. The van der Waals surface area contributed by atoms with Gasteiger partial charge in [-0.05, 0) is 100 Å². The number of hydrogen-bond donors (Lipinski definition) is 0. The number of para-hydroxylation sites is 3. The van der Waals surface area contributed by atoms with Crippen LogP contribution < -0.4 is 0 Å². The van der Waals surface area contributed by atoms with Gasteiger partial charge in [0.15, 0.2) is 0 Å². The lowest BCUT2D eigenvalue weighted by molar-refractivity contribution is 1.18. The summed E-state index contributed by atoms with van der Waals surface area (Å²) in [7, 11) is 0. The van der Waals surface area contributed by atoms with Gasteiger partial charge in [-0.15, -0.1) is 0 Å². The molecule has 0 fully saturated rings. The van der Waals surface area contributed by atoms with Crippen molar-refractivity contribution in [1.29, 1.82) is 0 Å². The van der Waals surface area contributed by atoms with E-state index >= 15 is 0 Å². The van der Waals surface area contributed by atoms with Crippen molar-refractivity contribution in [2.45, 2.75) is 0 Å². The summed E-state index contributed by atoms with van der Waals surface area (Å²) in [6, 6.07) is 78.0. The van der Waals surface area contributed by atoms with Crippen LogP contribution in [-0.4, -0.2) is 13.7 Å². The molecule has 0 radical (unpaired) electrons. The van der Waals surface area contributed by atoms with Crippen LogP contribution in [0.3, 0.4) is 0 Å². The van der Waals surface area contributed by atoms with E-state index in [2.05, 4.69) is 226 Å². The van der Waals surface area contributed by atoms with E-state index in [0.717, 1.165) is 11.4 Å². The molecule has 13 rings (SSSR count). The normalized spacial score (nSPS) is 12.1. The molecule has 0 aliphatic carbocycles. The first kappa shape index (κ1) is 32.2. The van der Waals surface area contributed by atoms with Crippen LogP contribution in [0.5, 0.6) is 0 Å². The predicted octanol–water partition coefficient (Wildman–Crippen LogP) is 15.0. The van der Waals surface area contributed by atoms with E-state index in [-0.39, 0.29) is 0 Å². The average Bonchev–Trinajstić information content (AvgIpc) is 3.94. The van der Waals surface area contributed by atoms with Gasteiger partial charge in [0.05, 0.1) is 38.8 Å². The summed E-state index contributed by atoms with van der Waals surface area (Å²) in [5.74, 6) is 0. The second kappa shape index (κ2) is 12.3. The highest BCUT2D eigenvalue weighted by Crippen LogP contribution is 2.44. The Morgan fingerprint density at radius 1 is 0.254 bits per heavy atom. The van der Waals surface area contributed by atoms with Crippen LogP contribution in [0.4, 0.5) is 0 Å². The molecule has 3 aromatic heterocycles. The fraction of sp³-hybridized carbons (Fsp3) is 0. The summed E-state index contributed by atoms with van der Waals surface area (Å²) >= 11 is 0. The van der Waals surface area contributed by atoms with Gasteiger partial charge in [0.1, 0.15) is 0 Å². The molecule has 10 aromatic carbocycles. The number of hydrogen-bond acceptors (Lipinski definition) is 0. The van der Waals surface area contributed by atoms with Gasteiger partial charge in [0.2, 0.25) is 0 Å². The highest BCUT2D eigenvalue weighted by molar-refractivity contribution is 6.26. The maximum atomic E-state index is 2.51. The van der Waals surface area contributed by atoms with Gasteiger partial charge in [-0.25, -0.2) is 0 Å². The molecule has 0 aliphatic rings. The third-order valence-electron chi connectivity index (χ3n) is 12.6. The van der Waals surface area contributed by atoms with E-state index in [0.29, 0.717) is 0 Å². The van der Waals surface area contributed by atoms with Crippen molar-refractivity contribution in [2.75, 3.05) is 0 Å². The Labute approximate surface area is 339 Å². The minimum atomic E-state index is 1.16. The number of nitrogens with zero attached hydrogens (tertiary/aromatic N) is 3. The maximum absolute atomic E-state index is 2.51. The topological polar surface area (TPSA) is 14.8 Å². The monoisotopic (exact) mass is 749 g/mol. The van der Waals surface area contributed by atoms with Crippen molar-refractivity contribution < 1.29 is 0 Å². The third-order valence-corrected chi connectivity index (χ3v) is 12.6. The Hall–Kier alpha value is -7.88. The van der Waals surface area contributed by atoms with Crippen LogP contribution in [-0.2, 0) is 0 Å². The van der Waals surface area contributed by atoms with Crippen molar-refractivity contribution >= 4 is 87.0 Å². The zero-order chi connectivity index (χ0) is 38.6. The third kappa shape index (κ3) is 4.64. The molecule has 274 valence electrons. The summed E-state index contributed by atoms with van der Waals surface area (Å²) in [6.07, 6.45) is 0. The van der Waals surface area contributed by atoms with Gasteiger partial charge in [0, 0.05) is 49.1 Å². The zero-order valence-corrected chi connectivity index (χ0v) is 32.0. The Bertz CT molecular complexity index is 3840. The Morgan fingerprint density at radius 3 is 1.63 bits per heavy atom. The molecule has 0 bridgehead atoms. The number of fused-ring (bicyclic) bond motifs is 12. The minimum Gasteiger partial charge on any atom is -0.309 e. The molecule has 0 amide bonds. The van der Waals surface area contributed by atoms with Gasteiger partial charge in [-0.1, -0.05) is 140 Å². The summed E-state index contributed by atoms with van der Waals surface area (Å²) in [5, 5.41) is 12.4. The lowest BCUT2D eigenvalue weighted by Gasteiger charge is -2.12. The van der Waals surface area contributed by atoms with E-state index in [4.69, 9.17) is 0 Å². The van der Waals surface area contributed by atoms with Gasteiger partial charge in [-0.2, -0.15) is 0 Å². The highest BCUT2D eigenvalue weighted by Gasteiger charge is 2.22. The van der Waals surface area contributed by atoms with E-state index < -0.39 is 0 Å². The van der Waals surface area contributed by atoms with Gasteiger partial charge >= 0.3 is 0 Å². The van der Waals surface area contributed by atoms with E-state index in [1.807, 2.05) is 0 Å². The number of benzene rings is 10. The molecular weight excluding hydrogens is 715 g/mol. The van der Waals surface area contributed by atoms with E-state index in [1.165, 1.54) is 104 Å².